The largest absolute Gasteiger partial charge is 0.484 e. The zero-order valence-corrected chi connectivity index (χ0v) is 20.6. The Bertz CT molecular complexity index is 1330. The molecule has 3 aromatic rings. The summed E-state index contributed by atoms with van der Waals surface area (Å²) < 4.78 is 5.65. The van der Waals surface area contributed by atoms with Gasteiger partial charge in [0.25, 0.3) is 17.1 Å². The molecule has 4 rings (SSSR count). The smallest absolute Gasteiger partial charge is 0.293 e. The lowest BCUT2D eigenvalue weighted by Crippen LogP contribution is -2.27. The summed E-state index contributed by atoms with van der Waals surface area (Å²) in [5.41, 5.74) is 5.66. The zero-order valence-electron chi connectivity index (χ0n) is 19.8. The summed E-state index contributed by atoms with van der Waals surface area (Å²) >= 11 is 0.921. The van der Waals surface area contributed by atoms with Crippen molar-refractivity contribution >= 4 is 40.6 Å². The van der Waals surface area contributed by atoms with E-state index in [0.717, 1.165) is 39.7 Å². The van der Waals surface area contributed by atoms with Crippen LogP contribution in [0, 0.1) is 20.8 Å². The van der Waals surface area contributed by atoms with Crippen LogP contribution in [0.3, 0.4) is 0 Å². The highest BCUT2D eigenvalue weighted by Crippen LogP contribution is 2.33. The maximum Gasteiger partial charge on any atom is 0.293 e. The van der Waals surface area contributed by atoms with E-state index >= 15 is 0 Å². The predicted molar refractivity (Wildman–Crippen MR) is 139 cm³/mol. The van der Waals surface area contributed by atoms with Crippen molar-refractivity contribution in [3.63, 3.8) is 0 Å². The molecule has 35 heavy (non-hydrogen) atoms. The van der Waals surface area contributed by atoms with Gasteiger partial charge in [0.15, 0.2) is 6.61 Å². The van der Waals surface area contributed by atoms with Gasteiger partial charge in [-0.25, -0.2) is 0 Å². The van der Waals surface area contributed by atoms with Crippen molar-refractivity contribution in [1.82, 2.24) is 4.90 Å². The summed E-state index contributed by atoms with van der Waals surface area (Å²) in [6, 6.07) is 20.5. The molecule has 1 N–H and O–H groups in total. The minimum absolute atomic E-state index is 0.149. The first kappa shape index (κ1) is 24.3. The molecule has 0 spiro atoms. The number of imide groups is 1. The van der Waals surface area contributed by atoms with Crippen molar-refractivity contribution in [3.8, 4) is 5.75 Å². The first-order valence-corrected chi connectivity index (χ1v) is 12.0. The van der Waals surface area contributed by atoms with Gasteiger partial charge >= 0.3 is 0 Å². The van der Waals surface area contributed by atoms with Crippen LogP contribution in [0.4, 0.5) is 10.5 Å². The average molecular weight is 487 g/mol. The summed E-state index contributed by atoms with van der Waals surface area (Å²) in [6.07, 6.45) is 1.67. The highest BCUT2D eigenvalue weighted by Gasteiger charge is 2.35. The van der Waals surface area contributed by atoms with Gasteiger partial charge < -0.3 is 10.1 Å². The normalized spacial score (nSPS) is 14.5. The summed E-state index contributed by atoms with van der Waals surface area (Å²) in [6.45, 7) is 6.07. The second-order valence-corrected chi connectivity index (χ2v) is 9.46. The second kappa shape index (κ2) is 10.6. The molecular formula is C28H26N2O4S. The Morgan fingerprint density at radius 2 is 1.77 bits per heavy atom. The molecule has 6 nitrogen and oxygen atoms in total. The molecule has 7 heteroatoms. The molecule has 0 atom stereocenters. The highest BCUT2D eigenvalue weighted by molar-refractivity contribution is 8.18. The van der Waals surface area contributed by atoms with Gasteiger partial charge in [-0.15, -0.1) is 0 Å². The van der Waals surface area contributed by atoms with Crippen molar-refractivity contribution < 1.29 is 19.1 Å². The fourth-order valence-electron chi connectivity index (χ4n) is 3.64. The van der Waals surface area contributed by atoms with E-state index in [1.165, 1.54) is 4.90 Å². The topological polar surface area (TPSA) is 75.7 Å². The minimum Gasteiger partial charge on any atom is -0.484 e. The molecule has 1 fully saturated rings. The lowest BCUT2D eigenvalue weighted by molar-refractivity contribution is -0.123. The van der Waals surface area contributed by atoms with Crippen molar-refractivity contribution in [3.05, 3.63) is 99.5 Å². The molecular weight excluding hydrogens is 460 g/mol. The van der Waals surface area contributed by atoms with Gasteiger partial charge in [-0.2, -0.15) is 0 Å². The van der Waals surface area contributed by atoms with Crippen LogP contribution >= 0.6 is 11.8 Å². The van der Waals surface area contributed by atoms with Crippen LogP contribution in [0.15, 0.2) is 71.6 Å². The molecule has 0 unspecified atom stereocenters. The number of benzene rings is 3. The number of anilines is 1. The van der Waals surface area contributed by atoms with E-state index in [1.807, 2.05) is 69.3 Å². The number of thioether (sulfide) groups is 1. The molecule has 1 heterocycles. The van der Waals surface area contributed by atoms with Crippen molar-refractivity contribution in [1.29, 1.82) is 0 Å². The van der Waals surface area contributed by atoms with E-state index in [-0.39, 0.29) is 30.2 Å². The third-order valence-corrected chi connectivity index (χ3v) is 6.52. The SMILES string of the molecule is Cc1cccc(CN2C(=O)SC(=Cc3cccc(OCC(=O)Nc4ccc(C)c(C)c4)c3)C2=O)c1. The average Bonchev–Trinajstić information content (AvgIpc) is 3.08. The molecule has 0 radical (unpaired) electrons. The number of carbonyl (C=O) groups excluding carboxylic acids is 3. The van der Waals surface area contributed by atoms with Gasteiger partial charge in [0.05, 0.1) is 11.4 Å². The quantitative estimate of drug-likeness (QED) is 0.423. The molecule has 178 valence electrons. The number of carbonyl (C=O) groups is 3. The Labute approximate surface area is 209 Å². The fourth-order valence-corrected chi connectivity index (χ4v) is 4.48. The first-order valence-electron chi connectivity index (χ1n) is 11.2. The van der Waals surface area contributed by atoms with E-state index in [2.05, 4.69) is 5.32 Å². The summed E-state index contributed by atoms with van der Waals surface area (Å²) in [7, 11) is 0. The van der Waals surface area contributed by atoms with E-state index in [1.54, 1.807) is 24.3 Å². The van der Waals surface area contributed by atoms with Crippen LogP contribution < -0.4 is 10.1 Å². The predicted octanol–water partition coefficient (Wildman–Crippen LogP) is 5.87. The van der Waals surface area contributed by atoms with Crippen molar-refractivity contribution in [2.75, 3.05) is 11.9 Å². The molecule has 0 aromatic heterocycles. The Hall–Kier alpha value is -3.84. The Morgan fingerprint density at radius 1 is 0.971 bits per heavy atom. The van der Waals surface area contributed by atoms with E-state index in [4.69, 9.17) is 4.74 Å². The Morgan fingerprint density at radius 3 is 2.54 bits per heavy atom. The molecule has 3 aromatic carbocycles. The highest BCUT2D eigenvalue weighted by atomic mass is 32.2. The lowest BCUT2D eigenvalue weighted by atomic mass is 10.1. The van der Waals surface area contributed by atoms with Gasteiger partial charge in [-0.3, -0.25) is 19.3 Å². The fraction of sp³-hybridized carbons (Fsp3) is 0.179. The van der Waals surface area contributed by atoms with Gasteiger partial charge in [-0.1, -0.05) is 48.0 Å². The zero-order chi connectivity index (χ0) is 24.9. The van der Waals surface area contributed by atoms with Crippen molar-refractivity contribution in [2.45, 2.75) is 27.3 Å². The maximum absolute atomic E-state index is 12.9. The minimum atomic E-state index is -0.319. The van der Waals surface area contributed by atoms with Gasteiger partial charge in [0.2, 0.25) is 0 Å². The number of rotatable bonds is 7. The number of hydrogen-bond acceptors (Lipinski definition) is 5. The molecule has 0 saturated carbocycles. The first-order chi connectivity index (χ1) is 16.8. The van der Waals surface area contributed by atoms with Crippen LogP contribution in [0.2, 0.25) is 0 Å². The van der Waals surface area contributed by atoms with Crippen LogP contribution in [0.1, 0.15) is 27.8 Å². The molecule has 0 aliphatic carbocycles. The van der Waals surface area contributed by atoms with E-state index < -0.39 is 0 Å². The summed E-state index contributed by atoms with van der Waals surface area (Å²) in [5, 5.41) is 2.53. The number of aryl methyl sites for hydroxylation is 3. The Balaban J connectivity index is 1.38. The van der Waals surface area contributed by atoms with Crippen molar-refractivity contribution in [2.24, 2.45) is 0 Å². The van der Waals surface area contributed by atoms with Crippen LogP contribution in [0.5, 0.6) is 5.75 Å². The maximum atomic E-state index is 12.9. The van der Waals surface area contributed by atoms with E-state index in [0.29, 0.717) is 16.2 Å². The van der Waals surface area contributed by atoms with Crippen LogP contribution in [-0.4, -0.2) is 28.6 Å². The number of ether oxygens (including phenoxy) is 1. The Kier molecular flexibility index (Phi) is 7.36. The van der Waals surface area contributed by atoms with Gasteiger partial charge in [0.1, 0.15) is 5.75 Å². The van der Waals surface area contributed by atoms with E-state index in [9.17, 15) is 14.4 Å². The molecule has 1 saturated heterocycles. The second-order valence-electron chi connectivity index (χ2n) is 8.47. The number of amides is 3. The number of nitrogens with zero attached hydrogens (tertiary/aromatic N) is 1. The summed E-state index contributed by atoms with van der Waals surface area (Å²) in [4.78, 5) is 39.2. The lowest BCUT2D eigenvalue weighted by Gasteiger charge is -2.12. The number of hydrogen-bond donors (Lipinski definition) is 1. The summed E-state index contributed by atoms with van der Waals surface area (Å²) in [5.74, 6) is -0.0931. The monoisotopic (exact) mass is 486 g/mol. The molecule has 1 aliphatic rings. The van der Waals surface area contributed by atoms with Crippen LogP contribution in [0.25, 0.3) is 6.08 Å². The van der Waals surface area contributed by atoms with Gasteiger partial charge in [0, 0.05) is 5.69 Å². The molecule has 0 bridgehead atoms. The third kappa shape index (κ3) is 6.19. The third-order valence-electron chi connectivity index (χ3n) is 5.61. The number of nitrogens with one attached hydrogen (secondary N) is 1. The molecule has 3 amide bonds. The molecule has 1 aliphatic heterocycles. The van der Waals surface area contributed by atoms with Crippen LogP contribution in [-0.2, 0) is 16.1 Å². The van der Waals surface area contributed by atoms with Gasteiger partial charge in [-0.05, 0) is 85.1 Å². The standard InChI is InChI=1S/C28H26N2O4S/c1-18-6-4-8-22(12-18)16-30-27(32)25(35-28(30)33)15-21-7-5-9-24(14-21)34-17-26(31)29-23-11-10-19(2)20(3)13-23/h4-15H,16-17H2,1-3H3,(H,29,31).